The first kappa shape index (κ1) is 15.3. The molecule has 0 saturated carbocycles. The molecule has 0 bridgehead atoms. The van der Waals surface area contributed by atoms with E-state index in [0.717, 1.165) is 18.4 Å². The molecule has 1 aromatic carbocycles. The summed E-state index contributed by atoms with van der Waals surface area (Å²) in [5.74, 6) is 1.62. The molecule has 0 aliphatic heterocycles. The average molecular weight is 291 g/mol. The molecule has 6 nitrogen and oxygen atoms in total. The van der Waals surface area contributed by atoms with Crippen LogP contribution in [-0.2, 0) is 4.74 Å². The minimum atomic E-state index is -0.131. The van der Waals surface area contributed by atoms with E-state index in [9.17, 15) is 0 Å². The SMILES string of the molecule is CCCC(OCC)c1noc(-c2ccc(OC)c(N)c2)n1. The number of benzene rings is 1. The van der Waals surface area contributed by atoms with E-state index in [2.05, 4.69) is 17.1 Å². The van der Waals surface area contributed by atoms with Crippen LogP contribution in [-0.4, -0.2) is 23.9 Å². The summed E-state index contributed by atoms with van der Waals surface area (Å²) < 4.78 is 16.1. The number of methoxy groups -OCH3 is 1. The third-order valence-corrected chi connectivity index (χ3v) is 3.13. The highest BCUT2D eigenvalue weighted by Gasteiger charge is 2.19. The zero-order valence-corrected chi connectivity index (χ0v) is 12.6. The molecule has 0 radical (unpaired) electrons. The van der Waals surface area contributed by atoms with E-state index in [1.165, 1.54) is 0 Å². The first-order valence-corrected chi connectivity index (χ1v) is 7.08. The van der Waals surface area contributed by atoms with Crippen LogP contribution in [0.1, 0.15) is 38.6 Å². The second-order valence-electron chi connectivity index (χ2n) is 4.65. The highest BCUT2D eigenvalue weighted by Crippen LogP contribution is 2.29. The second kappa shape index (κ2) is 7.08. The fourth-order valence-corrected chi connectivity index (χ4v) is 2.10. The van der Waals surface area contributed by atoms with Gasteiger partial charge in [-0.1, -0.05) is 18.5 Å². The molecule has 21 heavy (non-hydrogen) atoms. The second-order valence-corrected chi connectivity index (χ2v) is 4.65. The minimum Gasteiger partial charge on any atom is -0.495 e. The Labute approximate surface area is 124 Å². The quantitative estimate of drug-likeness (QED) is 0.789. The summed E-state index contributed by atoms with van der Waals surface area (Å²) in [6.45, 7) is 4.66. The Hall–Kier alpha value is -2.08. The molecule has 0 aliphatic rings. The Bertz CT molecular complexity index is 577. The number of nitrogens with zero attached hydrogens (tertiary/aromatic N) is 2. The largest absolute Gasteiger partial charge is 0.495 e. The zero-order valence-electron chi connectivity index (χ0n) is 12.6. The first-order valence-electron chi connectivity index (χ1n) is 7.08. The lowest BCUT2D eigenvalue weighted by Crippen LogP contribution is -2.05. The van der Waals surface area contributed by atoms with Crippen LogP contribution in [0.25, 0.3) is 11.5 Å². The summed E-state index contributed by atoms with van der Waals surface area (Å²) in [5, 5.41) is 4.02. The van der Waals surface area contributed by atoms with E-state index < -0.39 is 0 Å². The van der Waals surface area contributed by atoms with Crippen molar-refractivity contribution in [1.82, 2.24) is 10.1 Å². The van der Waals surface area contributed by atoms with Crippen LogP contribution in [0.5, 0.6) is 5.75 Å². The molecule has 2 N–H and O–H groups in total. The normalized spacial score (nSPS) is 12.3. The predicted molar refractivity (Wildman–Crippen MR) is 80.0 cm³/mol. The van der Waals surface area contributed by atoms with Gasteiger partial charge in [-0.25, -0.2) is 0 Å². The summed E-state index contributed by atoms with van der Waals surface area (Å²) in [6.07, 6.45) is 1.72. The van der Waals surface area contributed by atoms with Crippen molar-refractivity contribution in [2.24, 2.45) is 0 Å². The van der Waals surface area contributed by atoms with Gasteiger partial charge in [0.05, 0.1) is 12.8 Å². The van der Waals surface area contributed by atoms with Crippen molar-refractivity contribution in [2.45, 2.75) is 32.8 Å². The van der Waals surface area contributed by atoms with E-state index in [1.54, 1.807) is 19.2 Å². The maximum absolute atomic E-state index is 5.89. The molecule has 1 atom stereocenters. The highest BCUT2D eigenvalue weighted by molar-refractivity contribution is 5.65. The van der Waals surface area contributed by atoms with Crippen molar-refractivity contribution < 1.29 is 14.0 Å². The number of nitrogen functional groups attached to an aromatic ring is 1. The van der Waals surface area contributed by atoms with Crippen molar-refractivity contribution in [2.75, 3.05) is 19.5 Å². The molecule has 0 spiro atoms. The van der Waals surface area contributed by atoms with Gasteiger partial charge in [-0.2, -0.15) is 4.98 Å². The van der Waals surface area contributed by atoms with Gasteiger partial charge in [0.25, 0.3) is 5.89 Å². The number of hydrogen-bond acceptors (Lipinski definition) is 6. The molecule has 1 heterocycles. The Morgan fingerprint density at radius 2 is 2.14 bits per heavy atom. The van der Waals surface area contributed by atoms with Gasteiger partial charge in [-0.3, -0.25) is 0 Å². The summed E-state index contributed by atoms with van der Waals surface area (Å²) in [4.78, 5) is 4.42. The molecule has 6 heteroatoms. The molecule has 114 valence electrons. The molecule has 0 amide bonds. The molecular weight excluding hydrogens is 270 g/mol. The third kappa shape index (κ3) is 3.52. The van der Waals surface area contributed by atoms with Crippen molar-refractivity contribution in [1.29, 1.82) is 0 Å². The fourth-order valence-electron chi connectivity index (χ4n) is 2.10. The zero-order chi connectivity index (χ0) is 15.2. The molecule has 0 aliphatic carbocycles. The molecule has 1 aromatic heterocycles. The van der Waals surface area contributed by atoms with Crippen molar-refractivity contribution in [3.05, 3.63) is 24.0 Å². The van der Waals surface area contributed by atoms with Crippen LogP contribution < -0.4 is 10.5 Å². The van der Waals surface area contributed by atoms with Gasteiger partial charge in [0.2, 0.25) is 5.82 Å². The average Bonchev–Trinajstić information content (AvgIpc) is 2.96. The Morgan fingerprint density at radius 3 is 2.76 bits per heavy atom. The first-order chi connectivity index (χ1) is 10.2. The molecule has 0 fully saturated rings. The molecular formula is C15H21N3O3. The van der Waals surface area contributed by atoms with Crippen LogP contribution in [0.3, 0.4) is 0 Å². The lowest BCUT2D eigenvalue weighted by molar-refractivity contribution is 0.0478. The maximum Gasteiger partial charge on any atom is 0.258 e. The lowest BCUT2D eigenvalue weighted by Gasteiger charge is -2.11. The minimum absolute atomic E-state index is 0.131. The van der Waals surface area contributed by atoms with Crippen molar-refractivity contribution >= 4 is 5.69 Å². The van der Waals surface area contributed by atoms with Gasteiger partial charge in [-0.15, -0.1) is 0 Å². The number of ether oxygens (including phenoxy) is 2. The number of rotatable bonds is 7. The Balaban J connectivity index is 2.24. The molecule has 2 aromatic rings. The Morgan fingerprint density at radius 1 is 1.33 bits per heavy atom. The van der Waals surface area contributed by atoms with Crippen LogP contribution in [0, 0.1) is 0 Å². The van der Waals surface area contributed by atoms with E-state index in [4.69, 9.17) is 19.7 Å². The molecule has 2 rings (SSSR count). The van der Waals surface area contributed by atoms with Gasteiger partial charge in [0.15, 0.2) is 0 Å². The predicted octanol–water partition coefficient (Wildman–Crippen LogP) is 3.21. The smallest absolute Gasteiger partial charge is 0.258 e. The van der Waals surface area contributed by atoms with Gasteiger partial charge in [0, 0.05) is 12.2 Å². The van der Waals surface area contributed by atoms with Crippen LogP contribution in [0.15, 0.2) is 22.7 Å². The monoisotopic (exact) mass is 291 g/mol. The van der Waals surface area contributed by atoms with Crippen LogP contribution in [0.4, 0.5) is 5.69 Å². The van der Waals surface area contributed by atoms with Gasteiger partial charge < -0.3 is 19.7 Å². The van der Waals surface area contributed by atoms with E-state index in [-0.39, 0.29) is 6.10 Å². The van der Waals surface area contributed by atoms with Gasteiger partial charge >= 0.3 is 0 Å². The summed E-state index contributed by atoms with van der Waals surface area (Å²) in [7, 11) is 1.58. The van der Waals surface area contributed by atoms with Gasteiger partial charge in [0.1, 0.15) is 11.9 Å². The Kier molecular flexibility index (Phi) is 5.16. The standard InChI is InChI=1S/C15H21N3O3/c1-4-6-13(20-5-2)14-17-15(21-18-14)10-7-8-12(19-3)11(16)9-10/h7-9,13H,4-6,16H2,1-3H3. The number of nitrogens with two attached hydrogens (primary N) is 1. The lowest BCUT2D eigenvalue weighted by atomic mass is 10.2. The summed E-state index contributed by atoms with van der Waals surface area (Å²) >= 11 is 0. The van der Waals surface area contributed by atoms with Gasteiger partial charge in [-0.05, 0) is 31.5 Å². The fraction of sp³-hybridized carbons (Fsp3) is 0.467. The van der Waals surface area contributed by atoms with Crippen LogP contribution >= 0.6 is 0 Å². The summed E-state index contributed by atoms with van der Waals surface area (Å²) in [6, 6.07) is 5.37. The topological polar surface area (TPSA) is 83.4 Å². The van der Waals surface area contributed by atoms with E-state index in [0.29, 0.717) is 29.8 Å². The molecule has 0 saturated heterocycles. The number of anilines is 1. The number of aromatic nitrogens is 2. The third-order valence-electron chi connectivity index (χ3n) is 3.13. The number of hydrogen-bond donors (Lipinski definition) is 1. The van der Waals surface area contributed by atoms with Crippen LogP contribution in [0.2, 0.25) is 0 Å². The van der Waals surface area contributed by atoms with E-state index in [1.807, 2.05) is 13.0 Å². The highest BCUT2D eigenvalue weighted by atomic mass is 16.5. The van der Waals surface area contributed by atoms with Crippen molar-refractivity contribution in [3.63, 3.8) is 0 Å². The van der Waals surface area contributed by atoms with E-state index >= 15 is 0 Å². The van der Waals surface area contributed by atoms with Crippen molar-refractivity contribution in [3.8, 4) is 17.2 Å². The molecule has 1 unspecified atom stereocenters. The summed E-state index contributed by atoms with van der Waals surface area (Å²) in [5.41, 5.74) is 7.19. The maximum atomic E-state index is 5.89.